The molecule has 0 saturated carbocycles. The lowest BCUT2D eigenvalue weighted by Crippen LogP contribution is -2.37. The van der Waals surface area contributed by atoms with Crippen LogP contribution in [0.2, 0.25) is 10.0 Å². The summed E-state index contributed by atoms with van der Waals surface area (Å²) in [5.41, 5.74) is -1.08. The molecule has 2 aliphatic heterocycles. The third kappa shape index (κ3) is 5.96. The van der Waals surface area contributed by atoms with Crippen molar-refractivity contribution in [1.82, 2.24) is 4.31 Å². The molecule has 4 amide bonds. The van der Waals surface area contributed by atoms with Crippen molar-refractivity contribution < 1.29 is 23.9 Å². The van der Waals surface area contributed by atoms with Gasteiger partial charge in [0.05, 0.1) is 17.5 Å². The smallest absolute Gasteiger partial charge is 0.422 e. The fraction of sp³-hybridized carbons (Fsp3) is 0.364. The van der Waals surface area contributed by atoms with Gasteiger partial charge in [-0.05, 0) is 44.0 Å². The highest BCUT2D eigenvalue weighted by Crippen LogP contribution is 2.48. The SMILES string of the molecule is C=CC1(C)OC(=O)N(c2cc(Cl)cc(Cl)c2)C1=O.O=C1[C@H]2CC=CC[C@H]2C(=O)N1SC(Cl)(Cl)C(Cl)Cl. The summed E-state index contributed by atoms with van der Waals surface area (Å²) in [7, 11) is 0. The molecule has 0 spiro atoms. The summed E-state index contributed by atoms with van der Waals surface area (Å²) in [5.74, 6) is -1.72. The highest BCUT2D eigenvalue weighted by Gasteiger charge is 2.51. The summed E-state index contributed by atoms with van der Waals surface area (Å²) in [4.78, 5) is 47.8. The number of hydrogen-bond donors (Lipinski definition) is 0. The van der Waals surface area contributed by atoms with E-state index < -0.39 is 26.1 Å². The number of alkyl halides is 4. The number of anilines is 1. The van der Waals surface area contributed by atoms with Crippen LogP contribution in [0.5, 0.6) is 0 Å². The molecule has 0 bridgehead atoms. The number of benzene rings is 1. The Bertz CT molecular complexity index is 1100. The Morgan fingerprint density at radius 3 is 1.97 bits per heavy atom. The number of amides is 4. The number of carbonyl (C=O) groups excluding carboxylic acids is 4. The van der Waals surface area contributed by atoms with E-state index in [1.807, 2.05) is 12.2 Å². The Morgan fingerprint density at radius 2 is 1.56 bits per heavy atom. The second-order valence-corrected chi connectivity index (χ2v) is 13.0. The van der Waals surface area contributed by atoms with Crippen molar-refractivity contribution in [2.75, 3.05) is 4.90 Å². The van der Waals surface area contributed by atoms with Gasteiger partial charge in [0.25, 0.3) is 5.91 Å². The fourth-order valence-corrected chi connectivity index (χ4v) is 5.56. The number of imide groups is 2. The summed E-state index contributed by atoms with van der Waals surface area (Å²) >= 11 is 35.3. The van der Waals surface area contributed by atoms with Crippen molar-refractivity contribution >= 4 is 111 Å². The number of nitrogens with zero attached hydrogens (tertiary/aromatic N) is 2. The Kier molecular flexibility index (Phi) is 9.25. The normalized spacial score (nSPS) is 25.7. The van der Waals surface area contributed by atoms with Crippen molar-refractivity contribution in [3.05, 3.63) is 53.1 Å². The maximum Gasteiger partial charge on any atom is 0.422 e. The summed E-state index contributed by atoms with van der Waals surface area (Å²) in [6, 6.07) is 4.42. The number of rotatable bonds is 5. The minimum atomic E-state index is -1.63. The average molecular weight is 635 g/mol. The van der Waals surface area contributed by atoms with Gasteiger partial charge in [0.15, 0.2) is 4.84 Å². The van der Waals surface area contributed by atoms with E-state index in [9.17, 15) is 19.2 Å². The second kappa shape index (κ2) is 11.3. The zero-order valence-corrected chi connectivity index (χ0v) is 23.8. The van der Waals surface area contributed by atoms with Crippen LogP contribution >= 0.6 is 81.6 Å². The Labute approximate surface area is 241 Å². The van der Waals surface area contributed by atoms with Gasteiger partial charge in [-0.1, -0.05) is 65.1 Å². The van der Waals surface area contributed by atoms with Crippen LogP contribution in [0.1, 0.15) is 19.8 Å². The van der Waals surface area contributed by atoms with Crippen LogP contribution in [-0.2, 0) is 19.1 Å². The number of allylic oxidation sites excluding steroid dienone is 2. The van der Waals surface area contributed by atoms with Gasteiger partial charge in [-0.3, -0.25) is 14.4 Å². The average Bonchev–Trinajstić information content (AvgIpc) is 3.17. The van der Waals surface area contributed by atoms with E-state index in [1.54, 1.807) is 0 Å². The number of cyclic esters (lactones) is 1. The molecule has 2 heterocycles. The zero-order valence-electron chi connectivity index (χ0n) is 18.4. The fourth-order valence-electron chi connectivity index (χ4n) is 3.62. The van der Waals surface area contributed by atoms with Crippen LogP contribution in [0, 0.1) is 11.8 Å². The van der Waals surface area contributed by atoms with Crippen molar-refractivity contribution in [2.45, 2.75) is 33.9 Å². The van der Waals surface area contributed by atoms with Gasteiger partial charge >= 0.3 is 6.09 Å². The van der Waals surface area contributed by atoms with Gasteiger partial charge in [-0.25, -0.2) is 14.0 Å². The maximum atomic E-state index is 12.1. The Morgan fingerprint density at radius 1 is 1.06 bits per heavy atom. The highest BCUT2D eigenvalue weighted by molar-refractivity contribution is 8.02. The van der Waals surface area contributed by atoms with Crippen molar-refractivity contribution in [1.29, 1.82) is 0 Å². The topological polar surface area (TPSA) is 84.0 Å². The third-order valence-electron chi connectivity index (χ3n) is 5.54. The third-order valence-corrected chi connectivity index (χ3v) is 9.21. The van der Waals surface area contributed by atoms with E-state index in [0.29, 0.717) is 34.8 Å². The number of carbonyl (C=O) groups is 4. The van der Waals surface area contributed by atoms with E-state index in [1.165, 1.54) is 31.2 Å². The molecule has 0 aromatic heterocycles. The first-order valence-corrected chi connectivity index (χ1v) is 13.4. The molecule has 4 rings (SSSR count). The van der Waals surface area contributed by atoms with E-state index in [4.69, 9.17) is 74.3 Å². The van der Waals surface area contributed by atoms with Gasteiger partial charge in [-0.2, -0.15) is 0 Å². The summed E-state index contributed by atoms with van der Waals surface area (Å²) < 4.78 is 4.36. The van der Waals surface area contributed by atoms with E-state index in [0.717, 1.165) is 9.21 Å². The lowest BCUT2D eigenvalue weighted by Gasteiger charge is -2.24. The molecule has 7 nitrogen and oxygen atoms in total. The molecule has 1 aromatic rings. The maximum absolute atomic E-state index is 12.1. The van der Waals surface area contributed by atoms with Crippen LogP contribution in [0.25, 0.3) is 0 Å². The van der Waals surface area contributed by atoms with Gasteiger partial charge in [0, 0.05) is 22.0 Å². The van der Waals surface area contributed by atoms with Crippen LogP contribution in [-0.4, -0.2) is 42.2 Å². The van der Waals surface area contributed by atoms with Crippen molar-refractivity contribution in [3.8, 4) is 0 Å². The number of fused-ring (bicyclic) bond motifs is 1. The number of ether oxygens (including phenoxy) is 1. The number of hydrogen-bond acceptors (Lipinski definition) is 6. The minimum absolute atomic E-state index is 0.271. The van der Waals surface area contributed by atoms with Crippen molar-refractivity contribution in [2.24, 2.45) is 11.8 Å². The summed E-state index contributed by atoms with van der Waals surface area (Å²) in [5, 5.41) is 0.649. The van der Waals surface area contributed by atoms with E-state index in [2.05, 4.69) is 6.58 Å². The summed E-state index contributed by atoms with van der Waals surface area (Å²) in [6.07, 6.45) is 5.44. The molecule has 36 heavy (non-hydrogen) atoms. The largest absolute Gasteiger partial charge is 0.428 e. The first-order chi connectivity index (χ1) is 16.7. The minimum Gasteiger partial charge on any atom is -0.428 e. The van der Waals surface area contributed by atoms with Gasteiger partial charge in [0.2, 0.25) is 21.1 Å². The van der Waals surface area contributed by atoms with E-state index >= 15 is 0 Å². The Balaban J connectivity index is 0.000000201. The second-order valence-electron chi connectivity index (χ2n) is 8.03. The zero-order chi connectivity index (χ0) is 27.0. The summed E-state index contributed by atoms with van der Waals surface area (Å²) in [6.45, 7) is 4.95. The molecular formula is C22H18Cl6N2O5S. The molecule has 1 aliphatic carbocycles. The van der Waals surface area contributed by atoms with Crippen LogP contribution < -0.4 is 4.90 Å². The molecule has 1 unspecified atom stereocenters. The molecule has 194 valence electrons. The lowest BCUT2D eigenvalue weighted by molar-refractivity contribution is -0.133. The first-order valence-electron chi connectivity index (χ1n) is 10.3. The van der Waals surface area contributed by atoms with E-state index in [-0.39, 0.29) is 29.3 Å². The molecule has 14 heteroatoms. The monoisotopic (exact) mass is 632 g/mol. The van der Waals surface area contributed by atoms with Crippen LogP contribution in [0.15, 0.2) is 43.0 Å². The predicted molar refractivity (Wildman–Crippen MR) is 144 cm³/mol. The number of halogens is 6. The molecule has 2 saturated heterocycles. The van der Waals surface area contributed by atoms with Gasteiger partial charge in [-0.15, -0.1) is 23.2 Å². The predicted octanol–water partition coefficient (Wildman–Crippen LogP) is 6.94. The van der Waals surface area contributed by atoms with Gasteiger partial charge in [0.1, 0.15) is 0 Å². The molecular weight excluding hydrogens is 617 g/mol. The van der Waals surface area contributed by atoms with Gasteiger partial charge < -0.3 is 4.74 Å². The first kappa shape index (κ1) is 29.4. The lowest BCUT2D eigenvalue weighted by atomic mass is 9.85. The van der Waals surface area contributed by atoms with Crippen molar-refractivity contribution in [3.63, 3.8) is 0 Å². The quantitative estimate of drug-likeness (QED) is 0.151. The Hall–Kier alpha value is -1.13. The standard InChI is InChI=1S/C12H9Cl2NO3.C10H9Cl4NO2S/c1-3-12(2)10(16)15(11(17)18-12)9-5-7(13)4-8(14)6-9;11-9(12)10(13,14)18-15-7(16)5-3-1-2-4-6(5)8(15)17/h3-6H,1H2,2H3;1-2,5-6,9H,3-4H2/t;5-,6+. The molecule has 3 aliphatic rings. The molecule has 2 fully saturated rings. The molecule has 0 N–H and O–H groups in total. The molecule has 3 atom stereocenters. The molecule has 0 radical (unpaired) electrons. The highest BCUT2D eigenvalue weighted by atomic mass is 35.5. The van der Waals surface area contributed by atoms with Crippen LogP contribution in [0.3, 0.4) is 0 Å². The molecule has 1 aromatic carbocycles. The van der Waals surface area contributed by atoms with Crippen LogP contribution in [0.4, 0.5) is 10.5 Å².